The van der Waals surface area contributed by atoms with Gasteiger partial charge < -0.3 is 0 Å². The van der Waals surface area contributed by atoms with E-state index in [0.29, 0.717) is 5.56 Å². The molecule has 0 aliphatic heterocycles. The van der Waals surface area contributed by atoms with E-state index >= 15 is 0 Å². The molecular weight excluding hydrogens is 179 g/mol. The quantitative estimate of drug-likeness (QED) is 0.663. The van der Waals surface area contributed by atoms with Gasteiger partial charge in [-0.25, -0.2) is 0 Å². The average molecular weight is 188 g/mol. The molecule has 0 amide bonds. The predicted molar refractivity (Wildman–Crippen MR) is 44.9 cm³/mol. The Morgan fingerprint density at radius 3 is 2.17 bits per heavy atom. The predicted octanol–water partition coefficient (Wildman–Crippen LogP) is 1.79. The lowest BCUT2D eigenvalue weighted by atomic mass is 10.2. The van der Waals surface area contributed by atoms with Gasteiger partial charge in [0.25, 0.3) is 0 Å². The number of aryl methyl sites for hydroxylation is 1. The highest BCUT2D eigenvalue weighted by Gasteiger charge is 2.07. The van der Waals surface area contributed by atoms with E-state index in [1.54, 1.807) is 24.3 Å². The Balaban J connectivity index is 2.85. The van der Waals surface area contributed by atoms with Gasteiger partial charge in [-0.1, -0.05) is 29.8 Å². The van der Waals surface area contributed by atoms with Crippen molar-refractivity contribution in [1.82, 2.24) is 0 Å². The number of hydrogen-bond acceptors (Lipinski definition) is 2. The summed E-state index contributed by atoms with van der Waals surface area (Å²) in [6.07, 6.45) is 0. The molecule has 0 aliphatic carbocycles. The molecule has 0 atom stereocenters. The van der Waals surface area contributed by atoms with Gasteiger partial charge in [-0.05, 0) is 12.5 Å². The molecule has 1 aromatic rings. The normalized spacial score (nSPS) is 11.5. The molecule has 0 unspecified atom stereocenters. The summed E-state index contributed by atoms with van der Waals surface area (Å²) in [6.45, 7) is 1.88. The van der Waals surface area contributed by atoms with E-state index in [4.69, 9.17) is 0 Å². The number of benzene rings is 1. The minimum atomic E-state index is -4.39. The van der Waals surface area contributed by atoms with E-state index < -0.39 is 16.0 Å². The van der Waals surface area contributed by atoms with Crippen molar-refractivity contribution in [2.24, 2.45) is 0 Å². The summed E-state index contributed by atoms with van der Waals surface area (Å²) >= 11 is 0. The van der Waals surface area contributed by atoms with Gasteiger partial charge in [0, 0.05) is 0 Å². The summed E-state index contributed by atoms with van der Waals surface area (Å²) in [6, 6.07) is 6.71. The average Bonchev–Trinajstić information content (AvgIpc) is 1.91. The van der Waals surface area contributed by atoms with Crippen LogP contribution >= 0.6 is 0 Å². The van der Waals surface area contributed by atoms with Gasteiger partial charge in [-0.15, -0.1) is 3.89 Å². The van der Waals surface area contributed by atoms with Crippen molar-refractivity contribution in [3.05, 3.63) is 35.4 Å². The molecule has 0 aliphatic rings. The molecule has 1 rings (SSSR count). The molecule has 0 heterocycles. The Hall–Kier alpha value is -0.900. The van der Waals surface area contributed by atoms with Gasteiger partial charge >= 0.3 is 10.2 Å². The lowest BCUT2D eigenvalue weighted by Gasteiger charge is -1.96. The molecule has 0 radical (unpaired) electrons. The first kappa shape index (κ1) is 9.19. The van der Waals surface area contributed by atoms with Crippen LogP contribution in [-0.2, 0) is 16.0 Å². The molecule has 0 fully saturated rings. The fraction of sp³-hybridized carbons (Fsp3) is 0.250. The zero-order valence-electron chi connectivity index (χ0n) is 6.62. The van der Waals surface area contributed by atoms with Crippen LogP contribution in [0, 0.1) is 6.92 Å². The van der Waals surface area contributed by atoms with Crippen molar-refractivity contribution in [3.63, 3.8) is 0 Å². The molecule has 0 N–H and O–H groups in total. The maximum Gasteiger partial charge on any atom is 0.306 e. The number of halogens is 1. The van der Waals surface area contributed by atoms with Crippen LogP contribution in [0.5, 0.6) is 0 Å². The molecular formula is C8H9FO2S. The summed E-state index contributed by atoms with van der Waals surface area (Å²) in [5.74, 6) is -0.534. The van der Waals surface area contributed by atoms with Crippen LogP contribution < -0.4 is 0 Å². The third-order valence-electron chi connectivity index (χ3n) is 1.46. The Kier molecular flexibility index (Phi) is 2.47. The number of hydrogen-bond donors (Lipinski definition) is 0. The molecule has 0 spiro atoms. The Morgan fingerprint density at radius 2 is 1.75 bits per heavy atom. The van der Waals surface area contributed by atoms with Crippen LogP contribution in [0.15, 0.2) is 24.3 Å². The van der Waals surface area contributed by atoms with Crippen LogP contribution in [0.4, 0.5) is 3.89 Å². The van der Waals surface area contributed by atoms with Gasteiger partial charge in [0.2, 0.25) is 0 Å². The van der Waals surface area contributed by atoms with Crippen molar-refractivity contribution >= 4 is 10.2 Å². The smallest absolute Gasteiger partial charge is 0.194 e. The zero-order chi connectivity index (χ0) is 9.19. The lowest BCUT2D eigenvalue weighted by molar-refractivity contribution is 0.551. The van der Waals surface area contributed by atoms with Gasteiger partial charge in [-0.2, -0.15) is 8.42 Å². The monoisotopic (exact) mass is 188 g/mol. The third-order valence-corrected chi connectivity index (χ3v) is 2.14. The highest BCUT2D eigenvalue weighted by molar-refractivity contribution is 7.85. The second kappa shape index (κ2) is 3.23. The van der Waals surface area contributed by atoms with Crippen molar-refractivity contribution in [1.29, 1.82) is 0 Å². The van der Waals surface area contributed by atoms with Crippen LogP contribution in [0.2, 0.25) is 0 Å². The Bertz CT molecular complexity index is 353. The molecule has 0 saturated heterocycles. The topological polar surface area (TPSA) is 34.1 Å². The molecule has 12 heavy (non-hydrogen) atoms. The van der Waals surface area contributed by atoms with Gasteiger partial charge in [0.05, 0.1) is 0 Å². The molecule has 2 nitrogen and oxygen atoms in total. The standard InChI is InChI=1S/C8H9FO2S/c1-7-2-4-8(5-3-7)6-12(9,10)11/h2-5H,6H2,1H3. The maximum atomic E-state index is 12.1. The second-order valence-corrected chi connectivity index (χ2v) is 4.04. The first-order chi connectivity index (χ1) is 5.47. The SMILES string of the molecule is Cc1ccc(CS(=O)(=O)F)cc1. The summed E-state index contributed by atoms with van der Waals surface area (Å²) in [5, 5.41) is 0. The number of rotatable bonds is 2. The summed E-state index contributed by atoms with van der Waals surface area (Å²) < 4.78 is 32.6. The van der Waals surface area contributed by atoms with Crippen LogP contribution in [0.3, 0.4) is 0 Å². The van der Waals surface area contributed by atoms with E-state index in [1.807, 2.05) is 6.92 Å². The lowest BCUT2D eigenvalue weighted by Crippen LogP contribution is -1.95. The van der Waals surface area contributed by atoms with E-state index in [1.165, 1.54) is 0 Å². The zero-order valence-corrected chi connectivity index (χ0v) is 7.44. The molecule has 4 heteroatoms. The molecule has 1 aromatic carbocycles. The largest absolute Gasteiger partial charge is 0.306 e. The molecule has 66 valence electrons. The highest BCUT2D eigenvalue weighted by atomic mass is 32.3. The summed E-state index contributed by atoms with van der Waals surface area (Å²) in [5.41, 5.74) is 1.50. The van der Waals surface area contributed by atoms with Crippen LogP contribution in [0.1, 0.15) is 11.1 Å². The second-order valence-electron chi connectivity index (χ2n) is 2.67. The van der Waals surface area contributed by atoms with Crippen LogP contribution in [-0.4, -0.2) is 8.42 Å². The maximum absolute atomic E-state index is 12.1. The van der Waals surface area contributed by atoms with Gasteiger partial charge in [0.15, 0.2) is 0 Å². The fourth-order valence-electron chi connectivity index (χ4n) is 0.883. The van der Waals surface area contributed by atoms with Crippen molar-refractivity contribution < 1.29 is 12.3 Å². The first-order valence-electron chi connectivity index (χ1n) is 3.45. The summed E-state index contributed by atoms with van der Waals surface area (Å²) in [7, 11) is -4.39. The van der Waals surface area contributed by atoms with E-state index in [0.717, 1.165) is 5.56 Å². The van der Waals surface area contributed by atoms with E-state index in [9.17, 15) is 12.3 Å². The molecule has 0 bridgehead atoms. The first-order valence-corrected chi connectivity index (χ1v) is 5.00. The third kappa shape index (κ3) is 3.00. The van der Waals surface area contributed by atoms with Gasteiger partial charge in [0.1, 0.15) is 5.75 Å². The van der Waals surface area contributed by atoms with E-state index in [2.05, 4.69) is 0 Å². The minimum absolute atomic E-state index is 0.475. The van der Waals surface area contributed by atoms with Crippen LogP contribution in [0.25, 0.3) is 0 Å². The molecule has 0 aromatic heterocycles. The Morgan fingerprint density at radius 1 is 1.25 bits per heavy atom. The summed E-state index contributed by atoms with van der Waals surface area (Å²) in [4.78, 5) is 0. The molecule has 0 saturated carbocycles. The fourth-order valence-corrected chi connectivity index (χ4v) is 1.47. The van der Waals surface area contributed by atoms with Crippen molar-refractivity contribution in [2.45, 2.75) is 12.7 Å². The van der Waals surface area contributed by atoms with Crippen molar-refractivity contribution in [3.8, 4) is 0 Å². The van der Waals surface area contributed by atoms with Gasteiger partial charge in [-0.3, -0.25) is 0 Å². The van der Waals surface area contributed by atoms with Crippen molar-refractivity contribution in [2.75, 3.05) is 0 Å². The minimum Gasteiger partial charge on any atom is -0.194 e. The Labute approximate surface area is 71.2 Å². The highest BCUT2D eigenvalue weighted by Crippen LogP contribution is 2.08. The van der Waals surface area contributed by atoms with E-state index in [-0.39, 0.29) is 0 Å².